The molecule has 3 N–H and O–H groups in total. The summed E-state index contributed by atoms with van der Waals surface area (Å²) in [5, 5.41) is 10.1. The van der Waals surface area contributed by atoms with Crippen LogP contribution in [-0.4, -0.2) is 5.11 Å². The molecule has 90 valence electrons. The van der Waals surface area contributed by atoms with Gasteiger partial charge in [0.25, 0.3) is 0 Å². The molecule has 0 saturated heterocycles. The second kappa shape index (κ2) is 5.07. The monoisotopic (exact) mass is 241 g/mol. The molecule has 0 saturated carbocycles. The second-order valence-corrected chi connectivity index (χ2v) is 4.45. The van der Waals surface area contributed by atoms with Crippen LogP contribution in [0.5, 0.6) is 5.75 Å². The molecule has 1 aliphatic carbocycles. The Morgan fingerprint density at radius 2 is 1.56 bits per heavy atom. The van der Waals surface area contributed by atoms with Gasteiger partial charge < -0.3 is 10.8 Å². The number of hydrogen-bond donors (Lipinski definition) is 2. The first-order chi connectivity index (χ1) is 7.16. The summed E-state index contributed by atoms with van der Waals surface area (Å²) in [6, 6.07) is 0. The van der Waals surface area contributed by atoms with Crippen LogP contribution < -0.4 is 5.73 Å². The van der Waals surface area contributed by atoms with Crippen molar-refractivity contribution in [2.24, 2.45) is 5.73 Å². The summed E-state index contributed by atoms with van der Waals surface area (Å²) in [4.78, 5) is 0. The molecule has 1 aromatic rings. The third-order valence-corrected chi connectivity index (χ3v) is 3.67. The Labute approximate surface area is 103 Å². The molecule has 2 nitrogen and oxygen atoms in total. The molecular formula is C13H20ClNO. The molecule has 0 fully saturated rings. The van der Waals surface area contributed by atoms with Crippen LogP contribution in [-0.2, 0) is 19.4 Å². The molecule has 0 atom stereocenters. The molecule has 0 unspecified atom stereocenters. The number of rotatable bonds is 1. The number of benzene rings is 1. The Morgan fingerprint density at radius 1 is 1.06 bits per heavy atom. The zero-order valence-electron chi connectivity index (χ0n) is 9.97. The Morgan fingerprint density at radius 3 is 2.06 bits per heavy atom. The van der Waals surface area contributed by atoms with E-state index in [9.17, 15) is 5.11 Å². The van der Waals surface area contributed by atoms with Crippen molar-refractivity contribution in [2.75, 3.05) is 0 Å². The van der Waals surface area contributed by atoms with Crippen LogP contribution in [0.25, 0.3) is 0 Å². The van der Waals surface area contributed by atoms with Crippen LogP contribution in [0, 0.1) is 13.8 Å². The van der Waals surface area contributed by atoms with Gasteiger partial charge in [0.05, 0.1) is 0 Å². The fourth-order valence-corrected chi connectivity index (χ4v) is 2.71. The molecule has 1 aliphatic rings. The standard InChI is InChI=1S/C13H19NO.ClH/c1-8-10-5-3-4-6-11(10)9(2)13(15)12(8)7-14;/h15H,3-7,14H2,1-2H3;1H. The van der Waals surface area contributed by atoms with E-state index in [2.05, 4.69) is 6.92 Å². The molecule has 0 aliphatic heterocycles. The smallest absolute Gasteiger partial charge is 0.123 e. The largest absolute Gasteiger partial charge is 0.507 e. The predicted octanol–water partition coefficient (Wildman–Crippen LogP) is 2.77. The van der Waals surface area contributed by atoms with Crippen molar-refractivity contribution in [2.45, 2.75) is 46.1 Å². The molecule has 0 bridgehead atoms. The normalized spacial score (nSPS) is 14.2. The van der Waals surface area contributed by atoms with Gasteiger partial charge >= 0.3 is 0 Å². The minimum absolute atomic E-state index is 0. The van der Waals surface area contributed by atoms with Gasteiger partial charge in [-0.25, -0.2) is 0 Å². The quantitative estimate of drug-likeness (QED) is 0.794. The number of fused-ring (bicyclic) bond motifs is 1. The van der Waals surface area contributed by atoms with Crippen molar-refractivity contribution in [3.8, 4) is 5.75 Å². The fourth-order valence-electron chi connectivity index (χ4n) is 2.71. The Kier molecular flexibility index (Phi) is 4.22. The lowest BCUT2D eigenvalue weighted by Gasteiger charge is -2.24. The number of aromatic hydroxyl groups is 1. The first-order valence-electron chi connectivity index (χ1n) is 5.69. The molecule has 0 amide bonds. The van der Waals surface area contributed by atoms with Gasteiger partial charge in [0.1, 0.15) is 5.75 Å². The van der Waals surface area contributed by atoms with Crippen LogP contribution in [0.3, 0.4) is 0 Å². The second-order valence-electron chi connectivity index (χ2n) is 4.45. The summed E-state index contributed by atoms with van der Waals surface area (Å²) in [6.07, 6.45) is 4.77. The highest BCUT2D eigenvalue weighted by Gasteiger charge is 2.20. The van der Waals surface area contributed by atoms with Crippen molar-refractivity contribution in [1.82, 2.24) is 0 Å². The third kappa shape index (κ3) is 1.92. The minimum atomic E-state index is 0. The number of phenols is 1. The lowest BCUT2D eigenvalue weighted by atomic mass is 9.83. The lowest BCUT2D eigenvalue weighted by molar-refractivity contribution is 0.460. The fraction of sp³-hybridized carbons (Fsp3) is 0.538. The van der Waals surface area contributed by atoms with Gasteiger partial charge in [0, 0.05) is 12.1 Å². The van der Waals surface area contributed by atoms with Crippen molar-refractivity contribution in [3.63, 3.8) is 0 Å². The third-order valence-electron chi connectivity index (χ3n) is 3.67. The van der Waals surface area contributed by atoms with Crippen molar-refractivity contribution in [1.29, 1.82) is 0 Å². The van der Waals surface area contributed by atoms with E-state index < -0.39 is 0 Å². The molecule has 16 heavy (non-hydrogen) atoms. The molecule has 0 heterocycles. The molecule has 0 radical (unpaired) electrons. The summed E-state index contributed by atoms with van der Waals surface area (Å²) in [7, 11) is 0. The predicted molar refractivity (Wildman–Crippen MR) is 69.4 cm³/mol. The molecule has 0 aromatic heterocycles. The zero-order chi connectivity index (χ0) is 11.0. The van der Waals surface area contributed by atoms with Gasteiger partial charge in [-0.15, -0.1) is 12.4 Å². The van der Waals surface area contributed by atoms with Crippen LogP contribution in [0.2, 0.25) is 0 Å². The Hall–Kier alpha value is -0.730. The van der Waals surface area contributed by atoms with Gasteiger partial charge in [-0.05, 0) is 61.8 Å². The number of nitrogens with two attached hydrogens (primary N) is 1. The van der Waals surface area contributed by atoms with Crippen LogP contribution in [0.1, 0.15) is 40.7 Å². The van der Waals surface area contributed by atoms with Gasteiger partial charge in [-0.2, -0.15) is 0 Å². The highest BCUT2D eigenvalue weighted by molar-refractivity contribution is 5.85. The summed E-state index contributed by atoms with van der Waals surface area (Å²) >= 11 is 0. The van der Waals surface area contributed by atoms with Crippen molar-refractivity contribution in [3.05, 3.63) is 27.8 Å². The van der Waals surface area contributed by atoms with E-state index in [1.807, 2.05) is 6.92 Å². The molecule has 1 aromatic carbocycles. The maximum absolute atomic E-state index is 10.1. The maximum atomic E-state index is 10.1. The minimum Gasteiger partial charge on any atom is -0.507 e. The molecule has 0 spiro atoms. The summed E-state index contributed by atoms with van der Waals surface area (Å²) in [6.45, 7) is 4.54. The SMILES string of the molecule is Cc1c(O)c(CN)c(C)c2c1CCCC2.Cl. The van der Waals surface area contributed by atoms with E-state index in [1.165, 1.54) is 29.5 Å². The van der Waals surface area contributed by atoms with E-state index in [-0.39, 0.29) is 12.4 Å². The van der Waals surface area contributed by atoms with E-state index in [0.29, 0.717) is 12.3 Å². The van der Waals surface area contributed by atoms with E-state index in [1.54, 1.807) is 0 Å². The summed E-state index contributed by atoms with van der Waals surface area (Å²) in [5.74, 6) is 0.427. The average Bonchev–Trinajstić information content (AvgIpc) is 2.27. The molecule has 2 rings (SSSR count). The first-order valence-corrected chi connectivity index (χ1v) is 5.69. The maximum Gasteiger partial charge on any atom is 0.123 e. The first kappa shape index (κ1) is 13.3. The summed E-state index contributed by atoms with van der Waals surface area (Å²) < 4.78 is 0. The number of halogens is 1. The Balaban J connectivity index is 0.00000128. The lowest BCUT2D eigenvalue weighted by Crippen LogP contribution is -2.11. The van der Waals surface area contributed by atoms with Gasteiger partial charge in [-0.1, -0.05) is 0 Å². The van der Waals surface area contributed by atoms with E-state index >= 15 is 0 Å². The number of phenolic OH excluding ortho intramolecular Hbond substituents is 1. The van der Waals surface area contributed by atoms with Crippen molar-refractivity contribution < 1.29 is 5.11 Å². The van der Waals surface area contributed by atoms with Gasteiger partial charge in [-0.3, -0.25) is 0 Å². The Bertz CT molecular complexity index is 402. The van der Waals surface area contributed by atoms with Crippen LogP contribution in [0.4, 0.5) is 0 Å². The topological polar surface area (TPSA) is 46.2 Å². The van der Waals surface area contributed by atoms with Gasteiger partial charge in [0.15, 0.2) is 0 Å². The van der Waals surface area contributed by atoms with Crippen LogP contribution in [0.15, 0.2) is 0 Å². The van der Waals surface area contributed by atoms with Gasteiger partial charge in [0.2, 0.25) is 0 Å². The van der Waals surface area contributed by atoms with Crippen LogP contribution >= 0.6 is 12.4 Å². The summed E-state index contributed by atoms with van der Waals surface area (Å²) in [5.41, 5.74) is 11.7. The van der Waals surface area contributed by atoms with E-state index in [4.69, 9.17) is 5.73 Å². The molecular weight excluding hydrogens is 222 g/mol. The van der Waals surface area contributed by atoms with Crippen molar-refractivity contribution >= 4 is 12.4 Å². The number of hydrogen-bond acceptors (Lipinski definition) is 2. The van der Waals surface area contributed by atoms with E-state index in [0.717, 1.165) is 24.0 Å². The highest BCUT2D eigenvalue weighted by Crippen LogP contribution is 2.36. The zero-order valence-corrected chi connectivity index (χ0v) is 10.8. The average molecular weight is 242 g/mol. The molecule has 3 heteroatoms. The highest BCUT2D eigenvalue weighted by atomic mass is 35.5.